The number of rotatable bonds is 2. The fraction of sp³-hybridized carbons (Fsp3) is 0.500. The van der Waals surface area contributed by atoms with Crippen LogP contribution in [0.1, 0.15) is 25.3 Å². The number of benzene rings is 1. The van der Waals surface area contributed by atoms with Crippen LogP contribution in [0.2, 0.25) is 0 Å². The van der Waals surface area contributed by atoms with Crippen molar-refractivity contribution in [3.8, 4) is 0 Å². The Balaban J connectivity index is 2.01. The van der Waals surface area contributed by atoms with Gasteiger partial charge >= 0.3 is 0 Å². The highest BCUT2D eigenvalue weighted by atomic mass is 16.3. The Bertz CT molecular complexity index is 316. The Labute approximate surface area is 85.0 Å². The van der Waals surface area contributed by atoms with Crippen LogP contribution < -0.4 is 5.32 Å². The van der Waals surface area contributed by atoms with Crippen LogP contribution in [-0.4, -0.2) is 16.7 Å². The van der Waals surface area contributed by atoms with E-state index >= 15 is 0 Å². The summed E-state index contributed by atoms with van der Waals surface area (Å²) in [6, 6.07) is 8.49. The Morgan fingerprint density at radius 1 is 1.36 bits per heavy atom. The molecule has 1 fully saturated rings. The van der Waals surface area contributed by atoms with E-state index in [-0.39, 0.29) is 6.04 Å². The lowest BCUT2D eigenvalue weighted by Crippen LogP contribution is -2.53. The smallest absolute Gasteiger partial charge is 0.0820 e. The van der Waals surface area contributed by atoms with Crippen molar-refractivity contribution >= 4 is 5.69 Å². The zero-order valence-corrected chi connectivity index (χ0v) is 8.75. The third-order valence-corrected chi connectivity index (χ3v) is 3.08. The van der Waals surface area contributed by atoms with Gasteiger partial charge in [-0.1, -0.05) is 17.7 Å². The lowest BCUT2D eigenvalue weighted by Gasteiger charge is -2.43. The highest BCUT2D eigenvalue weighted by Crippen LogP contribution is 2.33. The molecule has 1 aliphatic carbocycles. The van der Waals surface area contributed by atoms with E-state index in [0.29, 0.717) is 0 Å². The molecule has 76 valence electrons. The summed E-state index contributed by atoms with van der Waals surface area (Å²) in [6.07, 6.45) is 1.96. The van der Waals surface area contributed by atoms with E-state index in [9.17, 15) is 5.11 Å². The van der Waals surface area contributed by atoms with Crippen LogP contribution in [0.5, 0.6) is 0 Å². The van der Waals surface area contributed by atoms with Gasteiger partial charge in [-0.3, -0.25) is 0 Å². The van der Waals surface area contributed by atoms with Crippen LogP contribution in [0, 0.1) is 6.92 Å². The molecule has 14 heavy (non-hydrogen) atoms. The SMILES string of the molecule is Cc1ccc(N[C@H]2CC[C@]2(C)O)cc1. The molecule has 1 aliphatic rings. The molecule has 0 aromatic heterocycles. The minimum Gasteiger partial charge on any atom is -0.388 e. The van der Waals surface area contributed by atoms with Crippen molar-refractivity contribution < 1.29 is 5.11 Å². The molecule has 2 nitrogen and oxygen atoms in total. The molecular weight excluding hydrogens is 174 g/mol. The number of aryl methyl sites for hydroxylation is 1. The standard InChI is InChI=1S/C12H17NO/c1-9-3-5-10(6-4-9)13-11-7-8-12(11,2)14/h3-6,11,13-14H,7-8H2,1-2H3/t11-,12-/m0/s1. The zero-order chi connectivity index (χ0) is 10.2. The van der Waals surface area contributed by atoms with E-state index in [0.717, 1.165) is 18.5 Å². The number of anilines is 1. The maximum absolute atomic E-state index is 9.83. The van der Waals surface area contributed by atoms with Gasteiger partial charge in [0.25, 0.3) is 0 Å². The van der Waals surface area contributed by atoms with Crippen molar-refractivity contribution in [1.29, 1.82) is 0 Å². The Hall–Kier alpha value is -1.02. The molecule has 1 aromatic rings. The van der Waals surface area contributed by atoms with Gasteiger partial charge in [0.05, 0.1) is 11.6 Å². The summed E-state index contributed by atoms with van der Waals surface area (Å²) < 4.78 is 0. The highest BCUT2D eigenvalue weighted by molar-refractivity contribution is 5.46. The Morgan fingerprint density at radius 2 is 2.00 bits per heavy atom. The Morgan fingerprint density at radius 3 is 2.43 bits per heavy atom. The molecule has 2 N–H and O–H groups in total. The number of hydrogen-bond acceptors (Lipinski definition) is 2. The van der Waals surface area contributed by atoms with Crippen molar-refractivity contribution in [3.63, 3.8) is 0 Å². The van der Waals surface area contributed by atoms with Gasteiger partial charge in [-0.2, -0.15) is 0 Å². The quantitative estimate of drug-likeness (QED) is 0.752. The van der Waals surface area contributed by atoms with Gasteiger partial charge in [0.1, 0.15) is 0 Å². The molecule has 0 aliphatic heterocycles. The van der Waals surface area contributed by atoms with Gasteiger partial charge in [0.15, 0.2) is 0 Å². The molecule has 1 saturated carbocycles. The van der Waals surface area contributed by atoms with Crippen molar-refractivity contribution in [2.45, 2.75) is 38.3 Å². The molecule has 1 aromatic carbocycles. The number of nitrogens with one attached hydrogen (secondary N) is 1. The maximum Gasteiger partial charge on any atom is 0.0820 e. The van der Waals surface area contributed by atoms with Gasteiger partial charge in [-0.15, -0.1) is 0 Å². The molecular formula is C12H17NO. The van der Waals surface area contributed by atoms with E-state index in [1.807, 2.05) is 6.92 Å². The van der Waals surface area contributed by atoms with Crippen molar-refractivity contribution in [3.05, 3.63) is 29.8 Å². The summed E-state index contributed by atoms with van der Waals surface area (Å²) in [6.45, 7) is 3.96. The molecule has 0 saturated heterocycles. The number of aliphatic hydroxyl groups is 1. The largest absolute Gasteiger partial charge is 0.388 e. The molecule has 0 bridgehead atoms. The summed E-state index contributed by atoms with van der Waals surface area (Å²) in [5.74, 6) is 0. The van der Waals surface area contributed by atoms with Crippen LogP contribution >= 0.6 is 0 Å². The first-order chi connectivity index (χ1) is 6.58. The molecule has 2 rings (SSSR count). The fourth-order valence-corrected chi connectivity index (χ4v) is 1.79. The summed E-state index contributed by atoms with van der Waals surface area (Å²) in [4.78, 5) is 0. The van der Waals surface area contributed by atoms with Crippen molar-refractivity contribution in [2.24, 2.45) is 0 Å². The summed E-state index contributed by atoms with van der Waals surface area (Å²) >= 11 is 0. The minimum absolute atomic E-state index is 0.213. The molecule has 0 spiro atoms. The van der Waals surface area contributed by atoms with Gasteiger partial charge in [-0.05, 0) is 38.8 Å². The monoisotopic (exact) mass is 191 g/mol. The average Bonchev–Trinajstić information content (AvgIpc) is 2.15. The van der Waals surface area contributed by atoms with E-state index in [2.05, 4.69) is 36.5 Å². The minimum atomic E-state index is -0.523. The number of hydrogen-bond donors (Lipinski definition) is 2. The average molecular weight is 191 g/mol. The predicted molar refractivity (Wildman–Crippen MR) is 58.4 cm³/mol. The maximum atomic E-state index is 9.83. The van der Waals surface area contributed by atoms with Gasteiger partial charge < -0.3 is 10.4 Å². The van der Waals surface area contributed by atoms with Crippen LogP contribution in [0.25, 0.3) is 0 Å². The van der Waals surface area contributed by atoms with Gasteiger partial charge in [0, 0.05) is 5.69 Å². The summed E-state index contributed by atoms with van der Waals surface area (Å²) in [7, 11) is 0. The molecule has 2 heteroatoms. The molecule has 0 heterocycles. The summed E-state index contributed by atoms with van der Waals surface area (Å²) in [5, 5.41) is 13.2. The molecule has 0 amide bonds. The molecule has 0 radical (unpaired) electrons. The Kier molecular flexibility index (Phi) is 2.23. The lowest BCUT2D eigenvalue weighted by atomic mass is 9.76. The van der Waals surface area contributed by atoms with Crippen LogP contribution in [-0.2, 0) is 0 Å². The first-order valence-electron chi connectivity index (χ1n) is 5.13. The van der Waals surface area contributed by atoms with Gasteiger partial charge in [0.2, 0.25) is 0 Å². The van der Waals surface area contributed by atoms with E-state index in [4.69, 9.17) is 0 Å². The second-order valence-electron chi connectivity index (χ2n) is 4.46. The second kappa shape index (κ2) is 3.28. The topological polar surface area (TPSA) is 32.3 Å². The van der Waals surface area contributed by atoms with E-state index < -0.39 is 5.60 Å². The van der Waals surface area contributed by atoms with Gasteiger partial charge in [-0.25, -0.2) is 0 Å². The third kappa shape index (κ3) is 1.75. The first kappa shape index (κ1) is 9.53. The molecule has 2 atom stereocenters. The van der Waals surface area contributed by atoms with Crippen LogP contribution in [0.4, 0.5) is 5.69 Å². The van der Waals surface area contributed by atoms with Crippen LogP contribution in [0.3, 0.4) is 0 Å². The lowest BCUT2D eigenvalue weighted by molar-refractivity contribution is -0.0286. The zero-order valence-electron chi connectivity index (χ0n) is 8.75. The second-order valence-corrected chi connectivity index (χ2v) is 4.46. The molecule has 0 unspecified atom stereocenters. The predicted octanol–water partition coefficient (Wildman–Crippen LogP) is 2.32. The highest BCUT2D eigenvalue weighted by Gasteiger charge is 2.40. The van der Waals surface area contributed by atoms with Crippen molar-refractivity contribution in [1.82, 2.24) is 0 Å². The fourth-order valence-electron chi connectivity index (χ4n) is 1.79. The first-order valence-corrected chi connectivity index (χ1v) is 5.13. The van der Waals surface area contributed by atoms with E-state index in [1.165, 1.54) is 5.56 Å². The summed E-state index contributed by atoms with van der Waals surface area (Å²) in [5.41, 5.74) is 1.83. The van der Waals surface area contributed by atoms with E-state index in [1.54, 1.807) is 0 Å². The van der Waals surface area contributed by atoms with Crippen LogP contribution in [0.15, 0.2) is 24.3 Å². The third-order valence-electron chi connectivity index (χ3n) is 3.08. The normalized spacial score (nSPS) is 30.9. The van der Waals surface area contributed by atoms with Crippen molar-refractivity contribution in [2.75, 3.05) is 5.32 Å².